The van der Waals surface area contributed by atoms with Crippen LogP contribution < -0.4 is 12.4 Å². The Bertz CT molecular complexity index is 453. The summed E-state index contributed by atoms with van der Waals surface area (Å²) in [6.45, 7) is 9.40. The Morgan fingerprint density at radius 2 is 1.09 bits per heavy atom. The zero-order valence-corrected chi connectivity index (χ0v) is 24.3. The van der Waals surface area contributed by atoms with Gasteiger partial charge < -0.3 is 21.6 Å². The molecule has 0 spiro atoms. The van der Waals surface area contributed by atoms with Crippen LogP contribution in [0.1, 0.15) is 142 Å². The van der Waals surface area contributed by atoms with Crippen molar-refractivity contribution in [2.75, 3.05) is 27.2 Å². The number of esters is 1. The molecule has 1 unspecified atom stereocenters. The Labute approximate surface area is 220 Å². The molecule has 0 saturated heterocycles. The SMILES string of the molecule is C=CC(=O)OCC[N+](C)(C)C(C)CCCCCCCCCCCCCCCCCCCCC.[Cl-]. The molecule has 0 heterocycles. The smallest absolute Gasteiger partial charge is 0.330 e. The highest BCUT2D eigenvalue weighted by Crippen LogP contribution is 2.17. The number of hydrogen-bond donors (Lipinski definition) is 0. The standard InChI is InChI=1S/C30H60NO2.ClH/c1-6-8-9-10-11-12-13-14-15-16-17-18-19-20-21-22-23-24-25-26-29(3)31(4,5)27-28-33-30(32)7-2;/h7,29H,2,6,8-28H2,1,3-5H3;1H/q+1;/p-1. The van der Waals surface area contributed by atoms with Crippen molar-refractivity contribution in [3.8, 4) is 0 Å². The van der Waals surface area contributed by atoms with Crippen LogP contribution in [0.3, 0.4) is 0 Å². The largest absolute Gasteiger partial charge is 1.00 e. The Balaban J connectivity index is 0. The van der Waals surface area contributed by atoms with Gasteiger partial charge in [0.25, 0.3) is 0 Å². The van der Waals surface area contributed by atoms with E-state index in [-0.39, 0.29) is 18.4 Å². The molecular formula is C30H60ClNO2. The van der Waals surface area contributed by atoms with E-state index in [0.717, 1.165) is 11.0 Å². The number of rotatable bonds is 25. The molecule has 1 atom stereocenters. The van der Waals surface area contributed by atoms with Gasteiger partial charge in [-0.05, 0) is 19.8 Å². The second-order valence-electron chi connectivity index (χ2n) is 10.9. The summed E-state index contributed by atoms with van der Waals surface area (Å²) in [6, 6.07) is 0.596. The number of likely N-dealkylation sites (N-methyl/N-ethyl adjacent to an activating group) is 1. The number of carbonyl (C=O) groups excluding carboxylic acids is 1. The highest BCUT2D eigenvalue weighted by molar-refractivity contribution is 5.81. The molecule has 0 aromatic heterocycles. The van der Waals surface area contributed by atoms with Crippen molar-refractivity contribution in [2.45, 2.75) is 148 Å². The minimum absolute atomic E-state index is 0. The summed E-state index contributed by atoms with van der Waals surface area (Å²) in [5, 5.41) is 0. The van der Waals surface area contributed by atoms with Gasteiger partial charge in [-0.2, -0.15) is 0 Å². The third-order valence-electron chi connectivity index (χ3n) is 7.50. The molecule has 204 valence electrons. The fraction of sp³-hybridized carbons (Fsp3) is 0.900. The van der Waals surface area contributed by atoms with Gasteiger partial charge in [0.05, 0.1) is 20.1 Å². The van der Waals surface area contributed by atoms with E-state index in [1.165, 1.54) is 134 Å². The molecule has 0 rings (SSSR count). The van der Waals surface area contributed by atoms with Crippen molar-refractivity contribution in [3.63, 3.8) is 0 Å². The fourth-order valence-electron chi connectivity index (χ4n) is 4.53. The first-order chi connectivity index (χ1) is 15.9. The number of halogens is 1. The number of unbranched alkanes of at least 4 members (excludes halogenated alkanes) is 18. The molecule has 0 aromatic rings. The van der Waals surface area contributed by atoms with Crippen molar-refractivity contribution >= 4 is 5.97 Å². The molecule has 0 aromatic carbocycles. The van der Waals surface area contributed by atoms with Crippen molar-refractivity contribution in [2.24, 2.45) is 0 Å². The molecule has 0 aliphatic carbocycles. The lowest BCUT2D eigenvalue weighted by Crippen LogP contribution is -3.00. The van der Waals surface area contributed by atoms with Gasteiger partial charge in [-0.3, -0.25) is 0 Å². The van der Waals surface area contributed by atoms with Crippen LogP contribution in [0.5, 0.6) is 0 Å². The van der Waals surface area contributed by atoms with E-state index in [1.54, 1.807) is 0 Å². The fourth-order valence-corrected chi connectivity index (χ4v) is 4.53. The highest BCUT2D eigenvalue weighted by atomic mass is 35.5. The first kappa shape index (κ1) is 35.6. The molecule has 0 radical (unpaired) electrons. The van der Waals surface area contributed by atoms with E-state index in [0.29, 0.717) is 12.6 Å². The van der Waals surface area contributed by atoms with Crippen LogP contribution in [-0.4, -0.2) is 43.7 Å². The minimum atomic E-state index is -0.318. The number of quaternary nitrogens is 1. The number of carbonyl (C=O) groups is 1. The van der Waals surface area contributed by atoms with Gasteiger partial charge in [0, 0.05) is 6.08 Å². The number of nitrogens with zero attached hydrogens (tertiary/aromatic N) is 1. The molecule has 0 N–H and O–H groups in total. The molecule has 4 heteroatoms. The van der Waals surface area contributed by atoms with Gasteiger partial charge >= 0.3 is 5.97 Å². The third-order valence-corrected chi connectivity index (χ3v) is 7.50. The summed E-state index contributed by atoms with van der Waals surface area (Å²) < 4.78 is 6.06. The highest BCUT2D eigenvalue weighted by Gasteiger charge is 2.23. The molecule has 0 aliphatic heterocycles. The van der Waals surface area contributed by atoms with Gasteiger partial charge in [0.15, 0.2) is 0 Å². The molecule has 0 amide bonds. The van der Waals surface area contributed by atoms with Gasteiger partial charge in [-0.15, -0.1) is 0 Å². The molecule has 34 heavy (non-hydrogen) atoms. The van der Waals surface area contributed by atoms with E-state index in [2.05, 4.69) is 34.5 Å². The maximum absolute atomic E-state index is 11.2. The number of ether oxygens (including phenoxy) is 1. The minimum Gasteiger partial charge on any atom is -1.00 e. The lowest BCUT2D eigenvalue weighted by atomic mass is 10.0. The summed E-state index contributed by atoms with van der Waals surface area (Å²) in [4.78, 5) is 11.2. The Hall–Kier alpha value is -0.540. The average Bonchev–Trinajstić information content (AvgIpc) is 2.80. The zero-order valence-electron chi connectivity index (χ0n) is 23.6. The molecule has 0 bridgehead atoms. The van der Waals surface area contributed by atoms with Crippen LogP contribution in [0, 0.1) is 0 Å². The monoisotopic (exact) mass is 501 g/mol. The third kappa shape index (κ3) is 23.2. The average molecular weight is 502 g/mol. The van der Waals surface area contributed by atoms with Crippen molar-refractivity contribution in [3.05, 3.63) is 12.7 Å². The molecule has 0 aliphatic rings. The van der Waals surface area contributed by atoms with Crippen LogP contribution in [-0.2, 0) is 9.53 Å². The van der Waals surface area contributed by atoms with Crippen molar-refractivity contribution in [1.82, 2.24) is 0 Å². The quantitative estimate of drug-likeness (QED) is 0.0662. The topological polar surface area (TPSA) is 26.3 Å². The predicted octanol–water partition coefficient (Wildman–Crippen LogP) is 6.01. The molecule has 3 nitrogen and oxygen atoms in total. The van der Waals surface area contributed by atoms with Crippen LogP contribution in [0.25, 0.3) is 0 Å². The summed E-state index contributed by atoms with van der Waals surface area (Å²) >= 11 is 0. The predicted molar refractivity (Wildman–Crippen MR) is 146 cm³/mol. The Morgan fingerprint density at radius 3 is 1.44 bits per heavy atom. The first-order valence-corrected chi connectivity index (χ1v) is 14.6. The second kappa shape index (κ2) is 25.5. The zero-order chi connectivity index (χ0) is 24.6. The summed E-state index contributed by atoms with van der Waals surface area (Å²) in [7, 11) is 4.48. The van der Waals surface area contributed by atoms with Gasteiger partial charge in [-0.25, -0.2) is 4.79 Å². The van der Waals surface area contributed by atoms with Crippen LogP contribution in [0.2, 0.25) is 0 Å². The molecule has 0 saturated carbocycles. The van der Waals surface area contributed by atoms with E-state index in [9.17, 15) is 4.79 Å². The summed E-state index contributed by atoms with van der Waals surface area (Å²) in [5.74, 6) is -0.318. The van der Waals surface area contributed by atoms with E-state index >= 15 is 0 Å². The molecule has 0 fully saturated rings. The normalized spacial score (nSPS) is 12.2. The first-order valence-electron chi connectivity index (χ1n) is 14.6. The van der Waals surface area contributed by atoms with Crippen molar-refractivity contribution < 1.29 is 26.4 Å². The van der Waals surface area contributed by atoms with Crippen LogP contribution >= 0.6 is 0 Å². The lowest BCUT2D eigenvalue weighted by molar-refractivity contribution is -0.913. The van der Waals surface area contributed by atoms with Gasteiger partial charge in [0.1, 0.15) is 13.2 Å². The second-order valence-corrected chi connectivity index (χ2v) is 10.9. The summed E-state index contributed by atoms with van der Waals surface area (Å²) in [6.07, 6.45) is 29.6. The lowest BCUT2D eigenvalue weighted by Gasteiger charge is -2.36. The van der Waals surface area contributed by atoms with E-state index in [1.807, 2.05) is 0 Å². The van der Waals surface area contributed by atoms with Gasteiger partial charge in [-0.1, -0.05) is 129 Å². The Kier molecular flexibility index (Phi) is 26.8. The summed E-state index contributed by atoms with van der Waals surface area (Å²) in [5.41, 5.74) is 0. The van der Waals surface area contributed by atoms with E-state index in [4.69, 9.17) is 4.74 Å². The van der Waals surface area contributed by atoms with E-state index < -0.39 is 0 Å². The van der Waals surface area contributed by atoms with Crippen LogP contribution in [0.4, 0.5) is 0 Å². The Morgan fingerprint density at radius 1 is 0.735 bits per heavy atom. The van der Waals surface area contributed by atoms with Crippen molar-refractivity contribution in [1.29, 1.82) is 0 Å². The maximum atomic E-state index is 11.2. The van der Waals surface area contributed by atoms with Crippen LogP contribution in [0.15, 0.2) is 12.7 Å². The van der Waals surface area contributed by atoms with Gasteiger partial charge in [0.2, 0.25) is 0 Å². The number of hydrogen-bond acceptors (Lipinski definition) is 2. The maximum Gasteiger partial charge on any atom is 0.330 e. The molecular weight excluding hydrogens is 442 g/mol.